The van der Waals surface area contributed by atoms with Crippen molar-refractivity contribution in [2.75, 3.05) is 44.2 Å². The van der Waals surface area contributed by atoms with Crippen molar-refractivity contribution in [2.45, 2.75) is 32.3 Å². The van der Waals surface area contributed by atoms with E-state index in [1.807, 2.05) is 12.3 Å². The van der Waals surface area contributed by atoms with Gasteiger partial charge in [-0.15, -0.1) is 0 Å². The zero-order valence-corrected chi connectivity index (χ0v) is 14.9. The minimum absolute atomic E-state index is 0.0946. The summed E-state index contributed by atoms with van der Waals surface area (Å²) in [7, 11) is 0. The van der Waals surface area contributed by atoms with E-state index in [1.165, 1.54) is 6.92 Å². The number of piperidine rings is 1. The van der Waals surface area contributed by atoms with Gasteiger partial charge in [-0.1, -0.05) is 0 Å². The molecule has 1 atom stereocenters. The monoisotopic (exact) mass is 346 g/mol. The number of aromatic nitrogens is 1. The van der Waals surface area contributed by atoms with Gasteiger partial charge < -0.3 is 19.8 Å². The number of piperazine rings is 1. The SMILES string of the molecule is CC(=O)N1CCCC(O)(C(=O)N2CCN(c3cnccc3C)CC2)C1. The summed E-state index contributed by atoms with van der Waals surface area (Å²) >= 11 is 0. The van der Waals surface area contributed by atoms with Crippen LogP contribution in [0.1, 0.15) is 25.3 Å². The number of likely N-dealkylation sites (tertiary alicyclic amines) is 1. The second-order valence-corrected chi connectivity index (χ2v) is 7.02. The summed E-state index contributed by atoms with van der Waals surface area (Å²) in [5.41, 5.74) is 0.808. The summed E-state index contributed by atoms with van der Waals surface area (Å²) in [6.45, 7) is 6.80. The van der Waals surface area contributed by atoms with E-state index in [0.29, 0.717) is 45.6 Å². The van der Waals surface area contributed by atoms with E-state index in [4.69, 9.17) is 0 Å². The first kappa shape index (κ1) is 17.7. The van der Waals surface area contributed by atoms with Crippen molar-refractivity contribution in [1.29, 1.82) is 0 Å². The number of carbonyl (C=O) groups is 2. The van der Waals surface area contributed by atoms with Crippen molar-refractivity contribution in [3.63, 3.8) is 0 Å². The number of carbonyl (C=O) groups excluding carboxylic acids is 2. The molecule has 2 fully saturated rings. The van der Waals surface area contributed by atoms with Crippen LogP contribution in [0.25, 0.3) is 0 Å². The molecule has 1 unspecified atom stereocenters. The summed E-state index contributed by atoms with van der Waals surface area (Å²) < 4.78 is 0. The topological polar surface area (TPSA) is 77.0 Å². The van der Waals surface area contributed by atoms with Crippen molar-refractivity contribution in [3.8, 4) is 0 Å². The molecule has 2 aliphatic heterocycles. The van der Waals surface area contributed by atoms with Crippen molar-refractivity contribution >= 4 is 17.5 Å². The molecule has 0 bridgehead atoms. The van der Waals surface area contributed by atoms with E-state index in [0.717, 1.165) is 11.3 Å². The predicted octanol–water partition coefficient (Wildman–Crippen LogP) is 0.412. The first-order chi connectivity index (χ1) is 11.9. The van der Waals surface area contributed by atoms with Gasteiger partial charge in [-0.3, -0.25) is 14.6 Å². The number of rotatable bonds is 2. The molecule has 2 amide bonds. The molecule has 1 aromatic heterocycles. The van der Waals surface area contributed by atoms with Crippen LogP contribution in [0.15, 0.2) is 18.5 Å². The molecule has 0 radical (unpaired) electrons. The lowest BCUT2D eigenvalue weighted by Crippen LogP contribution is -2.61. The average molecular weight is 346 g/mol. The van der Waals surface area contributed by atoms with E-state index in [-0.39, 0.29) is 18.4 Å². The number of aryl methyl sites for hydroxylation is 1. The summed E-state index contributed by atoms with van der Waals surface area (Å²) in [6, 6.07) is 1.98. The summed E-state index contributed by atoms with van der Waals surface area (Å²) in [6.07, 6.45) is 4.69. The molecule has 3 heterocycles. The third kappa shape index (κ3) is 3.61. The Kier molecular flexibility index (Phi) is 4.94. The molecule has 0 aromatic carbocycles. The summed E-state index contributed by atoms with van der Waals surface area (Å²) in [4.78, 5) is 34.2. The van der Waals surface area contributed by atoms with E-state index in [9.17, 15) is 14.7 Å². The number of nitrogens with zero attached hydrogens (tertiary/aromatic N) is 4. The van der Waals surface area contributed by atoms with Crippen molar-refractivity contribution in [2.24, 2.45) is 0 Å². The lowest BCUT2D eigenvalue weighted by molar-refractivity contribution is -0.160. The standard InChI is InChI=1S/C18H26N4O3/c1-14-4-6-19-12-16(14)20-8-10-21(11-9-20)17(24)18(25)5-3-7-22(13-18)15(2)23/h4,6,12,25H,3,5,7-11,13H2,1-2H3. The number of hydrogen-bond donors (Lipinski definition) is 1. The molecule has 7 heteroatoms. The highest BCUT2D eigenvalue weighted by Crippen LogP contribution is 2.25. The molecule has 7 nitrogen and oxygen atoms in total. The molecule has 0 spiro atoms. The van der Waals surface area contributed by atoms with Gasteiger partial charge in [-0.05, 0) is 31.4 Å². The second-order valence-electron chi connectivity index (χ2n) is 7.02. The number of aliphatic hydroxyl groups is 1. The molecule has 2 aliphatic rings. The molecular weight excluding hydrogens is 320 g/mol. The Hall–Kier alpha value is -2.15. The highest BCUT2D eigenvalue weighted by Gasteiger charge is 2.44. The Balaban J connectivity index is 1.63. The zero-order chi connectivity index (χ0) is 18.0. The van der Waals surface area contributed by atoms with Crippen LogP contribution in [0.5, 0.6) is 0 Å². The summed E-state index contributed by atoms with van der Waals surface area (Å²) in [5.74, 6) is -0.344. The maximum atomic E-state index is 12.9. The number of β-amino-alcohol motifs (C(OH)–C–C–N with tert-alkyl or cyclic N) is 1. The Morgan fingerprint density at radius 3 is 2.52 bits per heavy atom. The average Bonchev–Trinajstić information content (AvgIpc) is 2.62. The minimum Gasteiger partial charge on any atom is -0.378 e. The molecule has 3 rings (SSSR count). The maximum Gasteiger partial charge on any atom is 0.256 e. The van der Waals surface area contributed by atoms with Crippen molar-refractivity contribution in [1.82, 2.24) is 14.8 Å². The third-order valence-electron chi connectivity index (χ3n) is 5.23. The maximum absolute atomic E-state index is 12.9. The van der Waals surface area contributed by atoms with Crippen molar-refractivity contribution < 1.29 is 14.7 Å². The fraction of sp³-hybridized carbons (Fsp3) is 0.611. The van der Waals surface area contributed by atoms with Gasteiger partial charge in [0.15, 0.2) is 5.60 Å². The molecule has 0 aliphatic carbocycles. The predicted molar refractivity (Wildman–Crippen MR) is 94.2 cm³/mol. The molecule has 1 aromatic rings. The van der Waals surface area contributed by atoms with Crippen LogP contribution in [0, 0.1) is 6.92 Å². The largest absolute Gasteiger partial charge is 0.378 e. The molecular formula is C18H26N4O3. The van der Waals surface area contributed by atoms with Crippen LogP contribution in [-0.4, -0.2) is 76.6 Å². The van der Waals surface area contributed by atoms with Crippen LogP contribution in [0.4, 0.5) is 5.69 Å². The first-order valence-corrected chi connectivity index (χ1v) is 8.83. The van der Waals surface area contributed by atoms with Crippen LogP contribution in [0.3, 0.4) is 0 Å². The van der Waals surface area contributed by atoms with E-state index < -0.39 is 5.60 Å². The van der Waals surface area contributed by atoms with Crippen molar-refractivity contribution in [3.05, 3.63) is 24.0 Å². The third-order valence-corrected chi connectivity index (χ3v) is 5.23. The van der Waals surface area contributed by atoms with Gasteiger partial charge in [0.25, 0.3) is 5.91 Å². The van der Waals surface area contributed by atoms with E-state index >= 15 is 0 Å². The molecule has 136 valence electrons. The van der Waals surface area contributed by atoms with Crippen LogP contribution >= 0.6 is 0 Å². The van der Waals surface area contributed by atoms with E-state index in [1.54, 1.807) is 16.0 Å². The Morgan fingerprint density at radius 2 is 1.88 bits per heavy atom. The molecule has 25 heavy (non-hydrogen) atoms. The highest BCUT2D eigenvalue weighted by atomic mass is 16.3. The fourth-order valence-corrected chi connectivity index (χ4v) is 3.71. The van der Waals surface area contributed by atoms with E-state index in [2.05, 4.69) is 16.8 Å². The first-order valence-electron chi connectivity index (χ1n) is 8.83. The smallest absolute Gasteiger partial charge is 0.256 e. The Bertz CT molecular complexity index is 657. The quantitative estimate of drug-likeness (QED) is 0.839. The lowest BCUT2D eigenvalue weighted by atomic mass is 9.91. The number of hydrogen-bond acceptors (Lipinski definition) is 5. The normalized spacial score (nSPS) is 24.4. The number of pyridine rings is 1. The van der Waals surface area contributed by atoms with Crippen LogP contribution in [0.2, 0.25) is 0 Å². The van der Waals surface area contributed by atoms with Gasteiger partial charge in [-0.2, -0.15) is 0 Å². The van der Waals surface area contributed by atoms with Gasteiger partial charge in [0.05, 0.1) is 18.4 Å². The molecule has 1 N–H and O–H groups in total. The number of anilines is 1. The number of amides is 2. The van der Waals surface area contributed by atoms with Crippen LogP contribution < -0.4 is 4.90 Å². The Morgan fingerprint density at radius 1 is 1.16 bits per heavy atom. The Labute approximate surface area is 148 Å². The van der Waals surface area contributed by atoms with Gasteiger partial charge in [0.1, 0.15) is 0 Å². The molecule has 2 saturated heterocycles. The zero-order valence-electron chi connectivity index (χ0n) is 14.9. The fourth-order valence-electron chi connectivity index (χ4n) is 3.71. The van der Waals surface area contributed by atoms with Gasteiger partial charge >= 0.3 is 0 Å². The molecule has 0 saturated carbocycles. The summed E-state index contributed by atoms with van der Waals surface area (Å²) in [5, 5.41) is 10.8. The minimum atomic E-state index is -1.45. The second kappa shape index (κ2) is 7.00. The van der Waals surface area contributed by atoms with Gasteiger partial charge in [-0.25, -0.2) is 0 Å². The van der Waals surface area contributed by atoms with Gasteiger partial charge in [0.2, 0.25) is 5.91 Å². The highest BCUT2D eigenvalue weighted by molar-refractivity contribution is 5.86. The van der Waals surface area contributed by atoms with Crippen LogP contribution in [-0.2, 0) is 9.59 Å². The lowest BCUT2D eigenvalue weighted by Gasteiger charge is -2.43. The van der Waals surface area contributed by atoms with Gasteiger partial charge in [0, 0.05) is 45.8 Å².